The van der Waals surface area contributed by atoms with Crippen LogP contribution in [0.3, 0.4) is 0 Å². The average molecular weight is 430 g/mol. The van der Waals surface area contributed by atoms with Crippen molar-refractivity contribution in [2.24, 2.45) is 0 Å². The number of nitrogens with zero attached hydrogens (tertiary/aromatic N) is 3. The number of esters is 1. The number of hydrogen-bond donors (Lipinski definition) is 0. The number of aromatic nitrogens is 3. The summed E-state index contributed by atoms with van der Waals surface area (Å²) in [5.41, 5.74) is 1.70. The van der Waals surface area contributed by atoms with E-state index in [1.807, 2.05) is 41.1 Å². The van der Waals surface area contributed by atoms with Gasteiger partial charge in [0, 0.05) is 12.1 Å². The molecule has 2 aromatic heterocycles. The summed E-state index contributed by atoms with van der Waals surface area (Å²) in [4.78, 5) is 25.8. The Morgan fingerprint density at radius 2 is 1.93 bits per heavy atom. The Morgan fingerprint density at radius 3 is 2.55 bits per heavy atom. The van der Waals surface area contributed by atoms with Crippen LogP contribution >= 0.6 is 23.1 Å². The van der Waals surface area contributed by atoms with Gasteiger partial charge in [-0.3, -0.25) is 9.59 Å². The molecular weight excluding hydrogens is 406 g/mol. The molecule has 1 aromatic carbocycles. The minimum atomic E-state index is -0.832. The van der Waals surface area contributed by atoms with E-state index in [2.05, 4.69) is 17.1 Å². The second-order valence-electron chi connectivity index (χ2n) is 6.36. The van der Waals surface area contributed by atoms with Crippen molar-refractivity contribution in [3.8, 4) is 10.7 Å². The van der Waals surface area contributed by atoms with Gasteiger partial charge in [0.25, 0.3) is 0 Å². The third kappa shape index (κ3) is 5.13. The minimum Gasteiger partial charge on any atom is -0.454 e. The Balaban J connectivity index is 1.57. The largest absolute Gasteiger partial charge is 0.454 e. The highest BCUT2D eigenvalue weighted by molar-refractivity contribution is 7.99. The zero-order valence-corrected chi connectivity index (χ0v) is 18.3. The van der Waals surface area contributed by atoms with Crippen molar-refractivity contribution in [3.05, 3.63) is 52.9 Å². The number of rotatable bonds is 9. The van der Waals surface area contributed by atoms with Crippen molar-refractivity contribution >= 4 is 34.9 Å². The summed E-state index contributed by atoms with van der Waals surface area (Å²) in [6.07, 6.45) is 0.0774. The van der Waals surface area contributed by atoms with Gasteiger partial charge >= 0.3 is 5.97 Å². The van der Waals surface area contributed by atoms with Gasteiger partial charge in [0.05, 0.1) is 10.6 Å². The van der Waals surface area contributed by atoms with E-state index >= 15 is 0 Å². The fraction of sp³-hybridized carbons (Fsp3) is 0.333. The molecule has 0 aliphatic rings. The third-order valence-corrected chi connectivity index (χ3v) is 6.22. The van der Waals surface area contributed by atoms with E-state index < -0.39 is 12.1 Å². The minimum absolute atomic E-state index is 0.0645. The summed E-state index contributed by atoms with van der Waals surface area (Å²) < 4.78 is 7.30. The molecule has 0 N–H and O–H groups in total. The number of Topliss-reactive ketones (excluding diaryl/α,β-unsaturated/α-hetero) is 1. The standard InChI is InChI=1S/C21H23N3O3S2/c1-4-15-8-10-16(11-9-15)19(26)14(3)27-18(25)13-29-21-23-22-20(24(21)5-2)17-7-6-12-28-17/h6-12,14H,4-5,13H2,1-3H3. The lowest BCUT2D eigenvalue weighted by atomic mass is 10.0. The lowest BCUT2D eigenvalue weighted by Crippen LogP contribution is -2.25. The highest BCUT2D eigenvalue weighted by Gasteiger charge is 2.21. The number of benzene rings is 1. The molecule has 6 nitrogen and oxygen atoms in total. The Hall–Kier alpha value is -2.45. The van der Waals surface area contributed by atoms with Crippen LogP contribution in [0.1, 0.15) is 36.7 Å². The maximum Gasteiger partial charge on any atom is 0.317 e. The zero-order valence-electron chi connectivity index (χ0n) is 16.6. The maximum atomic E-state index is 12.5. The van der Waals surface area contributed by atoms with Gasteiger partial charge in [0.15, 0.2) is 17.1 Å². The van der Waals surface area contributed by atoms with Crippen LogP contribution in [0, 0.1) is 0 Å². The van der Waals surface area contributed by atoms with Crippen molar-refractivity contribution in [1.29, 1.82) is 0 Å². The van der Waals surface area contributed by atoms with Gasteiger partial charge in [0.1, 0.15) is 0 Å². The van der Waals surface area contributed by atoms with E-state index in [-0.39, 0.29) is 11.5 Å². The topological polar surface area (TPSA) is 74.1 Å². The van der Waals surface area contributed by atoms with Gasteiger partial charge < -0.3 is 9.30 Å². The molecule has 0 aliphatic heterocycles. The number of hydrogen-bond acceptors (Lipinski definition) is 7. The predicted molar refractivity (Wildman–Crippen MR) is 115 cm³/mol. The van der Waals surface area contributed by atoms with Crippen molar-refractivity contribution in [1.82, 2.24) is 14.8 Å². The number of aryl methyl sites for hydroxylation is 1. The third-order valence-electron chi connectivity index (χ3n) is 4.42. The maximum absolute atomic E-state index is 12.5. The molecule has 0 radical (unpaired) electrons. The lowest BCUT2D eigenvalue weighted by Gasteiger charge is -2.12. The molecular formula is C21H23N3O3S2. The van der Waals surface area contributed by atoms with Crippen LogP contribution in [-0.2, 0) is 22.5 Å². The molecule has 0 amide bonds. The summed E-state index contributed by atoms with van der Waals surface area (Å²) in [6, 6.07) is 11.3. The van der Waals surface area contributed by atoms with Crippen LogP contribution in [0.15, 0.2) is 46.9 Å². The Kier molecular flexibility index (Phi) is 7.22. The normalized spacial score (nSPS) is 12.0. The second-order valence-corrected chi connectivity index (χ2v) is 8.25. The number of carbonyl (C=O) groups excluding carboxylic acids is 2. The van der Waals surface area contributed by atoms with E-state index in [1.54, 1.807) is 30.4 Å². The van der Waals surface area contributed by atoms with Gasteiger partial charge in [-0.05, 0) is 37.3 Å². The molecule has 0 fully saturated rings. The van der Waals surface area contributed by atoms with E-state index in [1.165, 1.54) is 11.8 Å². The molecule has 3 rings (SSSR count). The fourth-order valence-corrected chi connectivity index (χ4v) is 4.32. The highest BCUT2D eigenvalue weighted by atomic mass is 32.2. The number of thiophene rings is 1. The van der Waals surface area contributed by atoms with Gasteiger partial charge in [-0.1, -0.05) is 49.0 Å². The quantitative estimate of drug-likeness (QED) is 0.283. The van der Waals surface area contributed by atoms with Gasteiger partial charge in [-0.2, -0.15) is 0 Å². The van der Waals surface area contributed by atoms with E-state index in [4.69, 9.17) is 4.74 Å². The molecule has 0 spiro atoms. The molecule has 29 heavy (non-hydrogen) atoms. The van der Waals surface area contributed by atoms with Crippen LogP contribution in [0.25, 0.3) is 10.7 Å². The van der Waals surface area contributed by atoms with Gasteiger partial charge in [-0.15, -0.1) is 21.5 Å². The zero-order chi connectivity index (χ0) is 20.8. The Morgan fingerprint density at radius 1 is 1.17 bits per heavy atom. The van der Waals surface area contributed by atoms with Crippen molar-refractivity contribution in [2.75, 3.05) is 5.75 Å². The predicted octanol–water partition coefficient (Wildman–Crippen LogP) is 4.50. The van der Waals surface area contributed by atoms with Crippen molar-refractivity contribution in [2.45, 2.75) is 45.0 Å². The first kappa shape index (κ1) is 21.3. The molecule has 0 bridgehead atoms. The summed E-state index contributed by atoms with van der Waals surface area (Å²) in [7, 11) is 0. The molecule has 1 atom stereocenters. The van der Waals surface area contributed by atoms with Crippen LogP contribution in [0.5, 0.6) is 0 Å². The molecule has 1 unspecified atom stereocenters. The first-order valence-corrected chi connectivity index (χ1v) is 11.3. The van der Waals surface area contributed by atoms with E-state index in [0.29, 0.717) is 17.3 Å². The molecule has 8 heteroatoms. The number of carbonyl (C=O) groups is 2. The number of ketones is 1. The van der Waals surface area contributed by atoms with Crippen LogP contribution in [0.2, 0.25) is 0 Å². The molecule has 3 aromatic rings. The summed E-state index contributed by atoms with van der Waals surface area (Å²) in [5, 5.41) is 11.1. The first-order chi connectivity index (χ1) is 14.0. The van der Waals surface area contributed by atoms with E-state index in [0.717, 1.165) is 22.7 Å². The lowest BCUT2D eigenvalue weighted by molar-refractivity contribution is -0.143. The number of ether oxygens (including phenoxy) is 1. The van der Waals surface area contributed by atoms with Gasteiger partial charge in [-0.25, -0.2) is 0 Å². The Bertz CT molecular complexity index is 966. The average Bonchev–Trinajstić information content (AvgIpc) is 3.40. The Labute approximate surface area is 178 Å². The summed E-state index contributed by atoms with van der Waals surface area (Å²) in [6.45, 7) is 6.36. The van der Waals surface area contributed by atoms with Crippen molar-refractivity contribution < 1.29 is 14.3 Å². The highest BCUT2D eigenvalue weighted by Crippen LogP contribution is 2.27. The first-order valence-electron chi connectivity index (χ1n) is 9.46. The molecule has 152 valence electrons. The van der Waals surface area contributed by atoms with Crippen LogP contribution < -0.4 is 0 Å². The second kappa shape index (κ2) is 9.84. The molecule has 0 saturated heterocycles. The molecule has 0 aliphatic carbocycles. The summed E-state index contributed by atoms with van der Waals surface area (Å²) in [5.74, 6) is 0.194. The van der Waals surface area contributed by atoms with Gasteiger partial charge in [0.2, 0.25) is 5.78 Å². The summed E-state index contributed by atoms with van der Waals surface area (Å²) >= 11 is 2.85. The monoisotopic (exact) mass is 429 g/mol. The smallest absolute Gasteiger partial charge is 0.317 e. The number of thioether (sulfide) groups is 1. The fourth-order valence-electron chi connectivity index (χ4n) is 2.82. The van der Waals surface area contributed by atoms with E-state index in [9.17, 15) is 9.59 Å². The molecule has 0 saturated carbocycles. The van der Waals surface area contributed by atoms with Crippen LogP contribution in [0.4, 0.5) is 0 Å². The van der Waals surface area contributed by atoms with Crippen LogP contribution in [-0.4, -0.2) is 38.4 Å². The van der Waals surface area contributed by atoms with Crippen molar-refractivity contribution in [3.63, 3.8) is 0 Å². The SMILES string of the molecule is CCc1ccc(C(=O)C(C)OC(=O)CSc2nnc(-c3cccs3)n2CC)cc1. The molecule has 2 heterocycles.